The second-order valence-electron chi connectivity index (χ2n) is 6.91. The first-order valence-electron chi connectivity index (χ1n) is 9.38. The molecule has 4 heterocycles. The van der Waals surface area contributed by atoms with Crippen LogP contribution in [-0.2, 0) is 13.6 Å². The molecule has 2 N–H and O–H groups in total. The molecule has 5 aromatic rings. The summed E-state index contributed by atoms with van der Waals surface area (Å²) in [7, 11) is 4.79. The lowest BCUT2D eigenvalue weighted by atomic mass is 10.2. The molecule has 0 fully saturated rings. The highest BCUT2D eigenvalue weighted by Gasteiger charge is 2.21. The molecule has 31 heavy (non-hydrogen) atoms. The number of furan rings is 1. The summed E-state index contributed by atoms with van der Waals surface area (Å²) in [5.41, 5.74) is 8.08. The van der Waals surface area contributed by atoms with Crippen LogP contribution in [0.25, 0.3) is 28.4 Å². The maximum atomic E-state index is 13.1. The van der Waals surface area contributed by atoms with Gasteiger partial charge in [0.1, 0.15) is 5.52 Å². The molecule has 158 valence electrons. The Hall–Kier alpha value is -4.28. The molecule has 0 bridgehead atoms. The highest BCUT2D eigenvalue weighted by atomic mass is 16.5. The largest absolute Gasteiger partial charge is 0.493 e. The first kappa shape index (κ1) is 18.7. The molecule has 0 atom stereocenters. The zero-order valence-corrected chi connectivity index (χ0v) is 17.1. The summed E-state index contributed by atoms with van der Waals surface area (Å²) in [4.78, 5) is 22.1. The molecule has 5 rings (SSSR count). The van der Waals surface area contributed by atoms with Gasteiger partial charge in [-0.2, -0.15) is 9.50 Å². The van der Waals surface area contributed by atoms with Crippen LogP contribution in [-0.4, -0.2) is 42.9 Å². The Balaban J connectivity index is 1.70. The number of rotatable bonds is 5. The van der Waals surface area contributed by atoms with E-state index in [2.05, 4.69) is 15.1 Å². The monoisotopic (exact) mass is 421 g/mol. The summed E-state index contributed by atoms with van der Waals surface area (Å²) in [6.07, 6.45) is 1.54. The van der Waals surface area contributed by atoms with Gasteiger partial charge >= 0.3 is 5.69 Å². The van der Waals surface area contributed by atoms with Gasteiger partial charge in [-0.3, -0.25) is 9.13 Å². The predicted octanol–water partition coefficient (Wildman–Crippen LogP) is 1.69. The van der Waals surface area contributed by atoms with Gasteiger partial charge in [0.05, 0.1) is 27.0 Å². The Morgan fingerprint density at radius 1 is 1.10 bits per heavy atom. The lowest BCUT2D eigenvalue weighted by molar-refractivity contribution is 0.354. The summed E-state index contributed by atoms with van der Waals surface area (Å²) in [5.74, 6) is 2.13. The number of hydrogen-bond acceptors (Lipinski definition) is 8. The third kappa shape index (κ3) is 2.81. The van der Waals surface area contributed by atoms with Gasteiger partial charge in [-0.1, -0.05) is 6.07 Å². The molecule has 0 amide bonds. The normalized spacial score (nSPS) is 11.5. The van der Waals surface area contributed by atoms with Crippen molar-refractivity contribution in [2.75, 3.05) is 20.0 Å². The average molecular weight is 421 g/mol. The number of ether oxygens (including phenoxy) is 2. The minimum absolute atomic E-state index is 0.111. The zero-order chi connectivity index (χ0) is 21.7. The molecule has 0 saturated carbocycles. The fraction of sp³-hybridized carbons (Fsp3) is 0.200. The molecule has 0 spiro atoms. The summed E-state index contributed by atoms with van der Waals surface area (Å²) >= 11 is 0. The highest BCUT2D eigenvalue weighted by molar-refractivity contribution is 5.88. The fourth-order valence-corrected chi connectivity index (χ4v) is 3.60. The number of aryl methyl sites for hydroxylation is 1. The first-order valence-corrected chi connectivity index (χ1v) is 9.38. The summed E-state index contributed by atoms with van der Waals surface area (Å²) in [6.45, 7) is 0.262. The molecule has 0 unspecified atom stereocenters. The quantitative estimate of drug-likeness (QED) is 0.454. The number of aromatic nitrogens is 6. The standard InChI is InChI=1S/C20H19N7O4/c1-25-15-17(23-19(21)27-18(15)22-16(24-27)13-5-4-8-31-13)26(20(25)28)10-11-6-7-12(29-2)14(9-11)30-3/h4-9H,10H2,1-3H3,(H2,21,23). The maximum Gasteiger partial charge on any atom is 0.330 e. The summed E-state index contributed by atoms with van der Waals surface area (Å²) in [5, 5.41) is 4.38. The van der Waals surface area contributed by atoms with Crippen molar-refractivity contribution >= 4 is 22.8 Å². The zero-order valence-electron chi connectivity index (χ0n) is 17.1. The number of anilines is 1. The van der Waals surface area contributed by atoms with Crippen LogP contribution in [0.5, 0.6) is 11.5 Å². The van der Waals surface area contributed by atoms with Crippen molar-refractivity contribution in [2.24, 2.45) is 7.05 Å². The van der Waals surface area contributed by atoms with Gasteiger partial charge in [0.2, 0.25) is 11.8 Å². The maximum absolute atomic E-state index is 13.1. The molecule has 11 heteroatoms. The van der Waals surface area contributed by atoms with Crippen LogP contribution >= 0.6 is 0 Å². The number of nitrogens with zero attached hydrogens (tertiary/aromatic N) is 6. The fourth-order valence-electron chi connectivity index (χ4n) is 3.60. The van der Waals surface area contributed by atoms with E-state index in [4.69, 9.17) is 19.6 Å². The van der Waals surface area contributed by atoms with E-state index in [1.807, 2.05) is 12.1 Å². The second-order valence-corrected chi connectivity index (χ2v) is 6.91. The van der Waals surface area contributed by atoms with E-state index in [0.29, 0.717) is 39.9 Å². The van der Waals surface area contributed by atoms with Gasteiger partial charge in [0.25, 0.3) is 0 Å². The molecule has 0 aliphatic rings. The first-order chi connectivity index (χ1) is 15.0. The molecule has 0 aliphatic carbocycles. The van der Waals surface area contributed by atoms with E-state index < -0.39 is 0 Å². The average Bonchev–Trinajstić information content (AvgIpc) is 3.50. The molecule has 1 aromatic carbocycles. The number of methoxy groups -OCH3 is 2. The topological polar surface area (TPSA) is 128 Å². The van der Waals surface area contributed by atoms with Crippen molar-refractivity contribution in [1.82, 2.24) is 28.7 Å². The molecule has 11 nitrogen and oxygen atoms in total. The number of imidazole rings is 1. The second kappa shape index (κ2) is 6.90. The van der Waals surface area contributed by atoms with Crippen molar-refractivity contribution in [3.8, 4) is 23.1 Å². The minimum Gasteiger partial charge on any atom is -0.493 e. The van der Waals surface area contributed by atoms with Gasteiger partial charge in [-0.15, -0.1) is 5.10 Å². The number of nitrogen functional groups attached to an aromatic ring is 1. The van der Waals surface area contributed by atoms with Crippen LogP contribution in [0.3, 0.4) is 0 Å². The van der Waals surface area contributed by atoms with Crippen molar-refractivity contribution in [3.05, 3.63) is 52.6 Å². The van der Waals surface area contributed by atoms with Crippen molar-refractivity contribution in [1.29, 1.82) is 0 Å². The predicted molar refractivity (Wildman–Crippen MR) is 112 cm³/mol. The van der Waals surface area contributed by atoms with E-state index in [1.165, 1.54) is 19.9 Å². The van der Waals surface area contributed by atoms with Crippen LogP contribution in [0.15, 0.2) is 45.8 Å². The van der Waals surface area contributed by atoms with E-state index >= 15 is 0 Å². The number of fused-ring (bicyclic) bond motifs is 3. The lowest BCUT2D eigenvalue weighted by Gasteiger charge is -2.10. The van der Waals surface area contributed by atoms with Crippen LogP contribution in [0.2, 0.25) is 0 Å². The van der Waals surface area contributed by atoms with Crippen molar-refractivity contribution in [3.63, 3.8) is 0 Å². The van der Waals surface area contributed by atoms with Crippen molar-refractivity contribution in [2.45, 2.75) is 6.54 Å². The third-order valence-corrected chi connectivity index (χ3v) is 5.11. The number of hydrogen-bond donors (Lipinski definition) is 1. The number of benzene rings is 1. The van der Waals surface area contributed by atoms with E-state index in [0.717, 1.165) is 5.56 Å². The van der Waals surface area contributed by atoms with E-state index in [-0.39, 0.29) is 18.2 Å². The van der Waals surface area contributed by atoms with Crippen LogP contribution in [0.1, 0.15) is 5.56 Å². The molecule has 0 radical (unpaired) electrons. The Morgan fingerprint density at radius 2 is 1.90 bits per heavy atom. The molecule has 0 aliphatic heterocycles. The molecular formula is C20H19N7O4. The van der Waals surface area contributed by atoms with Crippen LogP contribution < -0.4 is 20.9 Å². The molecule has 0 saturated heterocycles. The SMILES string of the molecule is COc1ccc(Cn2c(=O)n(C)c3c2nc(N)n2nc(-c4ccco4)nc32)cc1OC. The van der Waals surface area contributed by atoms with E-state index in [1.54, 1.807) is 39.5 Å². The Morgan fingerprint density at radius 3 is 2.61 bits per heavy atom. The van der Waals surface area contributed by atoms with Crippen molar-refractivity contribution < 1.29 is 13.9 Å². The molecule has 4 aromatic heterocycles. The summed E-state index contributed by atoms with van der Waals surface area (Å²) < 4.78 is 20.5. The minimum atomic E-state index is -0.257. The van der Waals surface area contributed by atoms with E-state index in [9.17, 15) is 4.79 Å². The lowest BCUT2D eigenvalue weighted by Crippen LogP contribution is -2.23. The molecular weight excluding hydrogens is 402 g/mol. The van der Waals surface area contributed by atoms with Gasteiger partial charge < -0.3 is 19.6 Å². The Bertz CT molecular complexity index is 1480. The Labute approximate surface area is 175 Å². The van der Waals surface area contributed by atoms with Gasteiger partial charge in [0, 0.05) is 7.05 Å². The highest BCUT2D eigenvalue weighted by Crippen LogP contribution is 2.28. The summed E-state index contributed by atoms with van der Waals surface area (Å²) in [6, 6.07) is 8.96. The van der Waals surface area contributed by atoms with Gasteiger partial charge in [0.15, 0.2) is 28.6 Å². The van der Waals surface area contributed by atoms with Crippen LogP contribution in [0, 0.1) is 0 Å². The Kier molecular flexibility index (Phi) is 4.17. The van der Waals surface area contributed by atoms with Crippen LogP contribution in [0.4, 0.5) is 5.95 Å². The van der Waals surface area contributed by atoms with Gasteiger partial charge in [-0.25, -0.2) is 9.78 Å². The smallest absolute Gasteiger partial charge is 0.330 e. The third-order valence-electron chi connectivity index (χ3n) is 5.11. The number of nitrogens with two attached hydrogens (primary N) is 1. The van der Waals surface area contributed by atoms with Gasteiger partial charge in [-0.05, 0) is 29.8 Å².